The highest BCUT2D eigenvalue weighted by atomic mass is 16.3. The van der Waals surface area contributed by atoms with Gasteiger partial charge in [-0.3, -0.25) is 9.59 Å². The Balaban J connectivity index is 1.30. The summed E-state index contributed by atoms with van der Waals surface area (Å²) in [6.45, 7) is 2.43. The first kappa shape index (κ1) is 18.5. The van der Waals surface area contributed by atoms with Gasteiger partial charge in [0.25, 0.3) is 5.91 Å². The van der Waals surface area contributed by atoms with Gasteiger partial charge in [-0.2, -0.15) is 0 Å². The maximum atomic E-state index is 12.6. The van der Waals surface area contributed by atoms with Crippen LogP contribution in [0.25, 0.3) is 0 Å². The summed E-state index contributed by atoms with van der Waals surface area (Å²) in [5.74, 6) is 1.14. The van der Waals surface area contributed by atoms with Crippen LogP contribution in [0.3, 0.4) is 0 Å². The van der Waals surface area contributed by atoms with Crippen LogP contribution in [0, 0.1) is 0 Å². The smallest absolute Gasteiger partial charge is 0.289 e. The zero-order valence-corrected chi connectivity index (χ0v) is 16.5. The fourth-order valence-corrected chi connectivity index (χ4v) is 4.21. The monoisotopic (exact) mass is 402 g/mol. The molecule has 1 fully saturated rings. The largest absolute Gasteiger partial charge is 0.459 e. The van der Waals surface area contributed by atoms with Crippen LogP contribution in [-0.2, 0) is 6.42 Å². The Morgan fingerprint density at radius 1 is 1.00 bits per heavy atom. The number of carbonyl (C=O) groups excluding carboxylic acids is 2. The molecule has 5 rings (SSSR count). The Labute approximate surface area is 174 Å². The number of aromatic nitrogens is 2. The molecule has 3 heterocycles. The number of nitrogens with zero attached hydrogens (tertiary/aromatic N) is 4. The molecule has 0 N–H and O–H groups in total. The fourth-order valence-electron chi connectivity index (χ4n) is 4.21. The summed E-state index contributed by atoms with van der Waals surface area (Å²) in [5.41, 5.74) is 2.62. The molecule has 0 spiro atoms. The first-order valence-corrected chi connectivity index (χ1v) is 10.2. The number of hydrogen-bond donors (Lipinski definition) is 0. The van der Waals surface area contributed by atoms with E-state index in [2.05, 4.69) is 22.0 Å². The molecule has 1 aliphatic carbocycles. The molecule has 0 radical (unpaired) electrons. The van der Waals surface area contributed by atoms with E-state index < -0.39 is 0 Å². The van der Waals surface area contributed by atoms with Crippen LogP contribution in [-0.4, -0.2) is 52.7 Å². The van der Waals surface area contributed by atoms with Gasteiger partial charge in [0.2, 0.25) is 5.95 Å². The summed E-state index contributed by atoms with van der Waals surface area (Å²) < 4.78 is 5.22. The van der Waals surface area contributed by atoms with Crippen molar-refractivity contribution in [2.24, 2.45) is 0 Å². The van der Waals surface area contributed by atoms with E-state index in [-0.39, 0.29) is 17.6 Å². The van der Waals surface area contributed by atoms with Crippen molar-refractivity contribution in [3.05, 3.63) is 77.5 Å². The predicted molar refractivity (Wildman–Crippen MR) is 111 cm³/mol. The normalized spacial score (nSPS) is 18.9. The van der Waals surface area contributed by atoms with Crippen molar-refractivity contribution in [2.45, 2.75) is 18.8 Å². The first-order chi connectivity index (χ1) is 14.7. The molecular weight excluding hydrogens is 380 g/mol. The molecule has 0 bridgehead atoms. The highest BCUT2D eigenvalue weighted by molar-refractivity contribution is 5.98. The molecule has 1 aliphatic heterocycles. The van der Waals surface area contributed by atoms with Crippen molar-refractivity contribution >= 4 is 17.6 Å². The third-order valence-electron chi connectivity index (χ3n) is 5.88. The highest BCUT2D eigenvalue weighted by Gasteiger charge is 2.30. The lowest BCUT2D eigenvalue weighted by molar-refractivity contribution is 0.0714. The molecule has 1 aromatic carbocycles. The van der Waals surface area contributed by atoms with Crippen molar-refractivity contribution in [1.82, 2.24) is 14.9 Å². The van der Waals surface area contributed by atoms with Gasteiger partial charge in [0.15, 0.2) is 11.5 Å². The minimum Gasteiger partial charge on any atom is -0.459 e. The standard InChI is InChI=1S/C23H22N4O3/c28-20-14-17(16-5-2-1-3-6-16)13-19-18(20)15-24-23(25-19)27-10-8-26(9-11-27)22(29)21-7-4-12-30-21/h1-7,12,15,17H,8-11,13-14H2. The number of amides is 1. The average molecular weight is 402 g/mol. The lowest BCUT2D eigenvalue weighted by Crippen LogP contribution is -2.49. The van der Waals surface area contributed by atoms with Crippen molar-refractivity contribution in [2.75, 3.05) is 31.1 Å². The van der Waals surface area contributed by atoms with Crippen LogP contribution in [0.15, 0.2) is 59.3 Å². The molecule has 7 heteroatoms. The third kappa shape index (κ3) is 3.47. The number of benzene rings is 1. The summed E-state index contributed by atoms with van der Waals surface area (Å²) in [6.07, 6.45) is 4.40. The zero-order chi connectivity index (χ0) is 20.5. The Kier molecular flexibility index (Phi) is 4.78. The number of furan rings is 1. The van der Waals surface area contributed by atoms with Gasteiger partial charge in [0.1, 0.15) is 0 Å². The molecular formula is C23H22N4O3. The number of rotatable bonds is 3. The summed E-state index contributed by atoms with van der Waals surface area (Å²) in [4.78, 5) is 38.2. The lowest BCUT2D eigenvalue weighted by atomic mass is 9.82. The highest BCUT2D eigenvalue weighted by Crippen LogP contribution is 2.32. The van der Waals surface area contributed by atoms with Crippen LogP contribution >= 0.6 is 0 Å². The number of hydrogen-bond acceptors (Lipinski definition) is 6. The number of piperazine rings is 1. The van der Waals surface area contributed by atoms with E-state index in [1.807, 2.05) is 18.2 Å². The van der Waals surface area contributed by atoms with Gasteiger partial charge < -0.3 is 14.2 Å². The summed E-state index contributed by atoms with van der Waals surface area (Å²) in [6, 6.07) is 13.5. The molecule has 1 atom stereocenters. The fraction of sp³-hybridized carbons (Fsp3) is 0.304. The zero-order valence-electron chi connectivity index (χ0n) is 16.5. The quantitative estimate of drug-likeness (QED) is 0.670. The molecule has 152 valence electrons. The van der Waals surface area contributed by atoms with Crippen molar-refractivity contribution in [3.8, 4) is 0 Å². The maximum Gasteiger partial charge on any atom is 0.289 e. The van der Waals surface area contributed by atoms with Crippen molar-refractivity contribution < 1.29 is 14.0 Å². The van der Waals surface area contributed by atoms with Gasteiger partial charge >= 0.3 is 0 Å². The second-order valence-electron chi connectivity index (χ2n) is 7.73. The van der Waals surface area contributed by atoms with Gasteiger partial charge in [-0.05, 0) is 30.0 Å². The van der Waals surface area contributed by atoms with E-state index in [1.165, 1.54) is 11.8 Å². The molecule has 1 amide bonds. The molecule has 0 saturated carbocycles. The minimum atomic E-state index is -0.0951. The van der Waals surface area contributed by atoms with Crippen LogP contribution < -0.4 is 4.90 Å². The Morgan fingerprint density at radius 2 is 1.80 bits per heavy atom. The van der Waals surface area contributed by atoms with Gasteiger partial charge in [-0.15, -0.1) is 0 Å². The second-order valence-corrected chi connectivity index (χ2v) is 7.73. The summed E-state index contributed by atoms with van der Waals surface area (Å²) >= 11 is 0. The molecule has 2 aliphatic rings. The predicted octanol–water partition coefficient (Wildman–Crippen LogP) is 2.94. The van der Waals surface area contributed by atoms with E-state index in [0.29, 0.717) is 49.9 Å². The number of Topliss-reactive ketones (excluding diaryl/α,β-unsaturated/α-hetero) is 1. The third-order valence-corrected chi connectivity index (χ3v) is 5.88. The van der Waals surface area contributed by atoms with Gasteiger partial charge in [0, 0.05) is 38.8 Å². The molecule has 3 aromatic rings. The molecule has 1 saturated heterocycles. The van der Waals surface area contributed by atoms with E-state index in [0.717, 1.165) is 12.1 Å². The van der Waals surface area contributed by atoms with Gasteiger partial charge in [-0.1, -0.05) is 30.3 Å². The Hall–Kier alpha value is -3.48. The van der Waals surface area contributed by atoms with Crippen LogP contribution in [0.4, 0.5) is 5.95 Å². The molecule has 2 aromatic heterocycles. The van der Waals surface area contributed by atoms with E-state index in [4.69, 9.17) is 9.40 Å². The summed E-state index contributed by atoms with van der Waals surface area (Å²) in [7, 11) is 0. The lowest BCUT2D eigenvalue weighted by Gasteiger charge is -2.34. The Bertz CT molecular complexity index is 1060. The van der Waals surface area contributed by atoms with Crippen LogP contribution in [0.2, 0.25) is 0 Å². The van der Waals surface area contributed by atoms with Crippen molar-refractivity contribution in [3.63, 3.8) is 0 Å². The van der Waals surface area contributed by atoms with Gasteiger partial charge in [0.05, 0.1) is 17.5 Å². The maximum absolute atomic E-state index is 12.6. The summed E-state index contributed by atoms with van der Waals surface area (Å²) in [5, 5.41) is 0. The van der Waals surface area contributed by atoms with Crippen LogP contribution in [0.5, 0.6) is 0 Å². The number of ketones is 1. The molecule has 30 heavy (non-hydrogen) atoms. The number of anilines is 1. The molecule has 1 unspecified atom stereocenters. The van der Waals surface area contributed by atoms with E-state index >= 15 is 0 Å². The number of carbonyl (C=O) groups is 2. The minimum absolute atomic E-state index is 0.0951. The second kappa shape index (κ2) is 7.74. The number of fused-ring (bicyclic) bond motifs is 1. The van der Waals surface area contributed by atoms with Gasteiger partial charge in [-0.25, -0.2) is 9.97 Å². The van der Waals surface area contributed by atoms with Crippen LogP contribution in [0.1, 0.15) is 44.5 Å². The Morgan fingerprint density at radius 3 is 2.53 bits per heavy atom. The van der Waals surface area contributed by atoms with E-state index in [9.17, 15) is 9.59 Å². The first-order valence-electron chi connectivity index (χ1n) is 10.2. The van der Waals surface area contributed by atoms with Crippen molar-refractivity contribution in [1.29, 1.82) is 0 Å². The SMILES string of the molecule is O=C1CC(c2ccccc2)Cc2nc(N3CCN(C(=O)c4ccco4)CC3)ncc21. The average Bonchev–Trinajstić information content (AvgIpc) is 3.34. The molecule has 7 nitrogen and oxygen atoms in total. The topological polar surface area (TPSA) is 79.5 Å². The van der Waals surface area contributed by atoms with E-state index in [1.54, 1.807) is 23.2 Å².